The standard InChI is InChI=1S/C23H27N3O3/c1-27-19-14-18-20(22(29-3)21(19)28-2)24-15-25-23(18)26-12-7-10-17(11-13-26)16-8-5-4-6-9-16/h4-6,8-9,14-15,17H,7,10-13H2,1-3H3. The van der Waals surface area contributed by atoms with Crippen LogP contribution in [0.25, 0.3) is 10.9 Å². The summed E-state index contributed by atoms with van der Waals surface area (Å²) in [6.07, 6.45) is 5.01. The number of hydrogen-bond acceptors (Lipinski definition) is 6. The van der Waals surface area contributed by atoms with Crippen molar-refractivity contribution in [2.45, 2.75) is 25.2 Å². The average Bonchev–Trinajstić information content (AvgIpc) is 3.04. The smallest absolute Gasteiger partial charge is 0.205 e. The van der Waals surface area contributed by atoms with Gasteiger partial charge in [-0.1, -0.05) is 30.3 Å². The lowest BCUT2D eigenvalue weighted by molar-refractivity contribution is 0.327. The lowest BCUT2D eigenvalue weighted by atomic mass is 9.92. The molecule has 0 spiro atoms. The Hall–Kier alpha value is -3.02. The minimum atomic E-state index is 0.548. The number of rotatable bonds is 5. The van der Waals surface area contributed by atoms with Gasteiger partial charge in [0.1, 0.15) is 17.7 Å². The van der Waals surface area contributed by atoms with Crippen molar-refractivity contribution in [2.24, 2.45) is 0 Å². The fraction of sp³-hybridized carbons (Fsp3) is 0.391. The number of ether oxygens (including phenoxy) is 3. The van der Waals surface area contributed by atoms with Crippen LogP contribution in [0.2, 0.25) is 0 Å². The Morgan fingerprint density at radius 3 is 2.41 bits per heavy atom. The third-order valence-electron chi connectivity index (χ3n) is 5.71. The normalized spacial score (nSPS) is 17.1. The van der Waals surface area contributed by atoms with Crippen molar-refractivity contribution in [2.75, 3.05) is 39.3 Å². The second-order valence-electron chi connectivity index (χ2n) is 7.26. The van der Waals surface area contributed by atoms with Gasteiger partial charge < -0.3 is 19.1 Å². The predicted octanol–water partition coefficient (Wildman–Crippen LogP) is 4.43. The lowest BCUT2D eigenvalue weighted by Crippen LogP contribution is -2.25. The first kappa shape index (κ1) is 19.3. The molecular formula is C23H27N3O3. The summed E-state index contributed by atoms with van der Waals surface area (Å²) in [4.78, 5) is 11.5. The summed E-state index contributed by atoms with van der Waals surface area (Å²) in [5.41, 5.74) is 2.16. The molecular weight excluding hydrogens is 366 g/mol. The maximum absolute atomic E-state index is 5.62. The fourth-order valence-corrected chi connectivity index (χ4v) is 4.27. The summed E-state index contributed by atoms with van der Waals surface area (Å²) in [6.45, 7) is 1.91. The highest BCUT2D eigenvalue weighted by molar-refractivity contribution is 5.97. The van der Waals surface area contributed by atoms with Crippen LogP contribution in [0, 0.1) is 0 Å². The van der Waals surface area contributed by atoms with Crippen LogP contribution in [0.5, 0.6) is 17.2 Å². The van der Waals surface area contributed by atoms with Crippen LogP contribution in [0.1, 0.15) is 30.7 Å². The Labute approximate surface area is 171 Å². The minimum Gasteiger partial charge on any atom is -0.493 e. The zero-order valence-electron chi connectivity index (χ0n) is 17.2. The molecule has 1 aromatic heterocycles. The Balaban J connectivity index is 1.70. The number of fused-ring (bicyclic) bond motifs is 1. The van der Waals surface area contributed by atoms with Gasteiger partial charge in [-0.2, -0.15) is 0 Å². The Morgan fingerprint density at radius 1 is 0.897 bits per heavy atom. The number of benzene rings is 2. The summed E-state index contributed by atoms with van der Waals surface area (Å²) in [5.74, 6) is 3.24. The van der Waals surface area contributed by atoms with Gasteiger partial charge in [0.15, 0.2) is 11.5 Å². The topological polar surface area (TPSA) is 56.7 Å². The van der Waals surface area contributed by atoms with Crippen molar-refractivity contribution < 1.29 is 14.2 Å². The van der Waals surface area contributed by atoms with Gasteiger partial charge in [-0.3, -0.25) is 0 Å². The minimum absolute atomic E-state index is 0.548. The molecule has 2 aromatic carbocycles. The molecule has 1 fully saturated rings. The second kappa shape index (κ2) is 8.55. The zero-order chi connectivity index (χ0) is 20.2. The van der Waals surface area contributed by atoms with E-state index < -0.39 is 0 Å². The van der Waals surface area contributed by atoms with E-state index in [9.17, 15) is 0 Å². The molecule has 29 heavy (non-hydrogen) atoms. The lowest BCUT2D eigenvalue weighted by Gasteiger charge is -2.24. The molecule has 3 aromatic rings. The van der Waals surface area contributed by atoms with E-state index in [0.717, 1.165) is 42.7 Å². The molecule has 4 rings (SSSR count). The highest BCUT2D eigenvalue weighted by atomic mass is 16.5. The molecule has 0 radical (unpaired) electrons. The van der Waals surface area contributed by atoms with E-state index >= 15 is 0 Å². The SMILES string of the molecule is COc1cc2c(N3CCCC(c4ccccc4)CC3)ncnc2c(OC)c1OC. The van der Waals surface area contributed by atoms with Crippen LogP contribution in [0.3, 0.4) is 0 Å². The van der Waals surface area contributed by atoms with Crippen LogP contribution >= 0.6 is 0 Å². The molecule has 0 amide bonds. The predicted molar refractivity (Wildman–Crippen MR) is 114 cm³/mol. The van der Waals surface area contributed by atoms with Gasteiger partial charge in [-0.05, 0) is 36.8 Å². The number of nitrogens with zero attached hydrogens (tertiary/aromatic N) is 3. The molecule has 0 aliphatic carbocycles. The van der Waals surface area contributed by atoms with E-state index in [1.54, 1.807) is 27.7 Å². The van der Waals surface area contributed by atoms with E-state index in [2.05, 4.69) is 45.2 Å². The maximum Gasteiger partial charge on any atom is 0.205 e. The molecule has 1 aliphatic rings. The van der Waals surface area contributed by atoms with Gasteiger partial charge in [0.2, 0.25) is 5.75 Å². The molecule has 0 bridgehead atoms. The molecule has 0 N–H and O–H groups in total. The third kappa shape index (κ3) is 3.67. The fourth-order valence-electron chi connectivity index (χ4n) is 4.27. The van der Waals surface area contributed by atoms with Gasteiger partial charge in [-0.15, -0.1) is 0 Å². The summed E-state index contributed by atoms with van der Waals surface area (Å²) in [6, 6.07) is 12.8. The van der Waals surface area contributed by atoms with Crippen molar-refractivity contribution in [3.8, 4) is 17.2 Å². The largest absolute Gasteiger partial charge is 0.493 e. The summed E-state index contributed by atoms with van der Waals surface area (Å²) in [7, 11) is 4.85. The molecule has 1 atom stereocenters. The summed E-state index contributed by atoms with van der Waals surface area (Å²) < 4.78 is 16.7. The van der Waals surface area contributed by atoms with Crippen molar-refractivity contribution in [3.05, 3.63) is 48.3 Å². The van der Waals surface area contributed by atoms with Crippen LogP contribution < -0.4 is 19.1 Å². The molecule has 2 heterocycles. The van der Waals surface area contributed by atoms with Gasteiger partial charge in [0.25, 0.3) is 0 Å². The third-order valence-corrected chi connectivity index (χ3v) is 5.71. The van der Waals surface area contributed by atoms with Crippen molar-refractivity contribution in [1.82, 2.24) is 9.97 Å². The van der Waals surface area contributed by atoms with Gasteiger partial charge in [0, 0.05) is 13.1 Å². The first-order chi connectivity index (χ1) is 14.3. The zero-order valence-corrected chi connectivity index (χ0v) is 17.2. The molecule has 1 saturated heterocycles. The van der Waals surface area contributed by atoms with E-state index in [4.69, 9.17) is 14.2 Å². The van der Waals surface area contributed by atoms with Crippen LogP contribution in [0.4, 0.5) is 5.82 Å². The monoisotopic (exact) mass is 393 g/mol. The quantitative estimate of drug-likeness (QED) is 0.639. The number of aromatic nitrogens is 2. The van der Waals surface area contributed by atoms with Crippen molar-refractivity contribution in [3.63, 3.8) is 0 Å². The van der Waals surface area contributed by atoms with Gasteiger partial charge >= 0.3 is 0 Å². The highest BCUT2D eigenvalue weighted by Gasteiger charge is 2.24. The molecule has 6 nitrogen and oxygen atoms in total. The number of anilines is 1. The second-order valence-corrected chi connectivity index (χ2v) is 7.26. The highest BCUT2D eigenvalue weighted by Crippen LogP contribution is 2.44. The van der Waals surface area contributed by atoms with E-state index in [-0.39, 0.29) is 0 Å². The van der Waals surface area contributed by atoms with Crippen molar-refractivity contribution >= 4 is 16.7 Å². The Kier molecular flexibility index (Phi) is 5.69. The first-order valence-corrected chi connectivity index (χ1v) is 10.00. The summed E-state index contributed by atoms with van der Waals surface area (Å²) in [5, 5.41) is 0.917. The first-order valence-electron chi connectivity index (χ1n) is 10.00. The van der Waals surface area contributed by atoms with Crippen LogP contribution in [-0.2, 0) is 0 Å². The maximum atomic E-state index is 5.62. The Bertz CT molecular complexity index is 978. The molecule has 0 saturated carbocycles. The van der Waals surface area contributed by atoms with Crippen molar-refractivity contribution in [1.29, 1.82) is 0 Å². The van der Waals surface area contributed by atoms with Crippen LogP contribution in [-0.4, -0.2) is 44.4 Å². The van der Waals surface area contributed by atoms with Gasteiger partial charge in [-0.25, -0.2) is 9.97 Å². The average molecular weight is 393 g/mol. The summed E-state index contributed by atoms with van der Waals surface area (Å²) >= 11 is 0. The van der Waals surface area contributed by atoms with Gasteiger partial charge in [0.05, 0.1) is 26.7 Å². The molecule has 6 heteroatoms. The van der Waals surface area contributed by atoms with E-state index in [1.165, 1.54) is 12.0 Å². The van der Waals surface area contributed by atoms with E-state index in [1.807, 2.05) is 6.07 Å². The van der Waals surface area contributed by atoms with Crippen LogP contribution in [0.15, 0.2) is 42.7 Å². The number of methoxy groups -OCH3 is 3. The number of hydrogen-bond donors (Lipinski definition) is 0. The molecule has 1 unspecified atom stereocenters. The Morgan fingerprint density at radius 2 is 1.69 bits per heavy atom. The molecule has 152 valence electrons. The van der Waals surface area contributed by atoms with E-state index in [0.29, 0.717) is 23.2 Å². The molecule has 1 aliphatic heterocycles.